The van der Waals surface area contributed by atoms with Crippen molar-refractivity contribution in [3.05, 3.63) is 35.9 Å². The van der Waals surface area contributed by atoms with Crippen LogP contribution in [0.4, 0.5) is 0 Å². The molecule has 108 valence electrons. The SMILES string of the molecule is OC[C@H]1C[C@@H]1[C@H](OCc1ccccc1)[C@@H](CO)[CH2][Hg][Cl]. The molecule has 0 bridgehead atoms. The number of hydrogen-bond donors (Lipinski definition) is 2. The van der Waals surface area contributed by atoms with Crippen LogP contribution >= 0.6 is 8.25 Å². The van der Waals surface area contributed by atoms with E-state index in [2.05, 4.69) is 0 Å². The second-order valence-corrected chi connectivity index (χ2v) is 12.6. The van der Waals surface area contributed by atoms with E-state index in [-0.39, 0.29) is 25.2 Å². The van der Waals surface area contributed by atoms with Gasteiger partial charge in [0.25, 0.3) is 0 Å². The van der Waals surface area contributed by atoms with Gasteiger partial charge in [-0.1, -0.05) is 0 Å². The molecular formula is C15H21ClHgO3. The Morgan fingerprint density at radius 2 is 2.05 bits per heavy atom. The number of ether oxygens (including phenoxy) is 1. The molecule has 1 saturated carbocycles. The molecule has 4 atom stereocenters. The molecule has 0 spiro atoms. The molecule has 5 heteroatoms. The van der Waals surface area contributed by atoms with E-state index in [9.17, 15) is 10.2 Å². The zero-order chi connectivity index (χ0) is 14.4. The fourth-order valence-corrected chi connectivity index (χ4v) is 8.29. The number of rotatable bonds is 9. The van der Waals surface area contributed by atoms with Gasteiger partial charge in [-0.05, 0) is 0 Å². The molecule has 0 heterocycles. The topological polar surface area (TPSA) is 49.7 Å². The van der Waals surface area contributed by atoms with E-state index >= 15 is 0 Å². The molecule has 1 aromatic carbocycles. The average molecular weight is 485 g/mol. The van der Waals surface area contributed by atoms with Gasteiger partial charge in [-0.3, -0.25) is 0 Å². The number of aliphatic hydroxyl groups excluding tert-OH is 2. The first kappa shape index (κ1) is 16.7. The van der Waals surface area contributed by atoms with Crippen molar-refractivity contribution in [2.75, 3.05) is 13.2 Å². The fraction of sp³-hybridized carbons (Fsp3) is 0.600. The zero-order valence-corrected chi connectivity index (χ0v) is 17.9. The van der Waals surface area contributed by atoms with E-state index in [1.54, 1.807) is 0 Å². The second-order valence-electron chi connectivity index (χ2n) is 5.52. The van der Waals surface area contributed by atoms with Crippen LogP contribution in [0.15, 0.2) is 30.3 Å². The molecule has 2 N–H and O–H groups in total. The molecule has 0 aliphatic heterocycles. The first-order chi connectivity index (χ1) is 9.80. The van der Waals surface area contributed by atoms with Crippen LogP contribution < -0.4 is 0 Å². The van der Waals surface area contributed by atoms with Gasteiger partial charge in [0, 0.05) is 0 Å². The van der Waals surface area contributed by atoms with E-state index in [0.717, 1.165) is 15.9 Å². The van der Waals surface area contributed by atoms with Crippen molar-refractivity contribution in [3.8, 4) is 0 Å². The van der Waals surface area contributed by atoms with Crippen molar-refractivity contribution >= 4 is 8.25 Å². The Bertz CT molecular complexity index is 390. The molecule has 0 amide bonds. The third-order valence-corrected chi connectivity index (χ3v) is 9.74. The molecule has 1 aliphatic rings. The minimum absolute atomic E-state index is 0.0381. The van der Waals surface area contributed by atoms with Crippen LogP contribution in [0, 0.1) is 17.8 Å². The van der Waals surface area contributed by atoms with Crippen LogP contribution in [0.1, 0.15) is 12.0 Å². The molecular weight excluding hydrogens is 464 g/mol. The number of benzene rings is 1. The summed E-state index contributed by atoms with van der Waals surface area (Å²) in [6.45, 7) is 0.926. The monoisotopic (exact) mass is 486 g/mol. The quantitative estimate of drug-likeness (QED) is 0.529. The third kappa shape index (κ3) is 4.67. The van der Waals surface area contributed by atoms with Gasteiger partial charge in [-0.25, -0.2) is 0 Å². The third-order valence-electron chi connectivity index (χ3n) is 4.10. The summed E-state index contributed by atoms with van der Waals surface area (Å²) in [5, 5.41) is 18.9. The Balaban J connectivity index is 1.95. The van der Waals surface area contributed by atoms with Crippen LogP contribution in [0.2, 0.25) is 3.93 Å². The van der Waals surface area contributed by atoms with Crippen molar-refractivity contribution in [2.45, 2.75) is 23.1 Å². The summed E-state index contributed by atoms with van der Waals surface area (Å²) in [6.07, 6.45) is 1.04. The molecule has 0 radical (unpaired) electrons. The molecule has 2 rings (SSSR count). The Morgan fingerprint density at radius 1 is 1.30 bits per heavy atom. The van der Waals surface area contributed by atoms with Crippen LogP contribution in [0.5, 0.6) is 0 Å². The fourth-order valence-electron chi connectivity index (χ4n) is 2.76. The van der Waals surface area contributed by atoms with Crippen LogP contribution in [-0.2, 0) is 34.7 Å². The van der Waals surface area contributed by atoms with E-state index in [0.29, 0.717) is 18.4 Å². The Morgan fingerprint density at radius 3 is 2.60 bits per heavy atom. The minimum atomic E-state index is -1.31. The Kier molecular flexibility index (Phi) is 7.25. The van der Waals surface area contributed by atoms with Gasteiger partial charge in [-0.2, -0.15) is 0 Å². The maximum absolute atomic E-state index is 9.59. The predicted molar refractivity (Wildman–Crippen MR) is 74.9 cm³/mol. The van der Waals surface area contributed by atoms with E-state index in [1.165, 1.54) is 0 Å². The summed E-state index contributed by atoms with van der Waals surface area (Å²) < 4.78 is 7.06. The maximum atomic E-state index is 9.59. The van der Waals surface area contributed by atoms with Crippen molar-refractivity contribution in [3.63, 3.8) is 0 Å². The summed E-state index contributed by atoms with van der Waals surface area (Å²) >= 11 is -1.31. The molecule has 1 aliphatic carbocycles. The van der Waals surface area contributed by atoms with E-state index in [1.807, 2.05) is 30.3 Å². The number of hydrogen-bond acceptors (Lipinski definition) is 3. The molecule has 0 saturated heterocycles. The van der Waals surface area contributed by atoms with Gasteiger partial charge in [0.1, 0.15) is 0 Å². The Labute approximate surface area is 136 Å². The molecule has 0 aromatic heterocycles. The molecule has 3 nitrogen and oxygen atoms in total. The molecule has 1 fully saturated rings. The number of halogens is 1. The summed E-state index contributed by atoms with van der Waals surface area (Å²) in [6, 6.07) is 10.1. The van der Waals surface area contributed by atoms with Crippen LogP contribution in [0.25, 0.3) is 0 Å². The van der Waals surface area contributed by atoms with Gasteiger partial charge in [-0.15, -0.1) is 0 Å². The number of aliphatic hydroxyl groups is 2. The summed E-state index contributed by atoms with van der Waals surface area (Å²) in [5.74, 6) is 0.883. The first-order valence-corrected chi connectivity index (χ1v) is 17.9. The van der Waals surface area contributed by atoms with Gasteiger partial charge >= 0.3 is 136 Å². The van der Waals surface area contributed by atoms with Gasteiger partial charge in [0.15, 0.2) is 0 Å². The molecule has 20 heavy (non-hydrogen) atoms. The van der Waals surface area contributed by atoms with Crippen molar-refractivity contribution in [1.29, 1.82) is 0 Å². The molecule has 0 unspecified atom stereocenters. The summed E-state index contributed by atoms with van der Waals surface area (Å²) in [7, 11) is 6.04. The van der Waals surface area contributed by atoms with Crippen LogP contribution in [-0.4, -0.2) is 29.5 Å². The predicted octanol–water partition coefficient (Wildman–Crippen LogP) is 2.46. The van der Waals surface area contributed by atoms with Crippen LogP contribution in [0.3, 0.4) is 0 Å². The standard InChI is InChI=1S/C15H21O3.ClH.Hg/c1-11(8-16)15(14-7-13(14)9-17)18-10-12-5-3-2-4-6-12;;/h2-6,11,13-17H,1,7-10H2;1H;/q;;+1/p-1/t11-,13-,14+,15-;;/m1../s1. The van der Waals surface area contributed by atoms with Crippen molar-refractivity contribution in [1.82, 2.24) is 0 Å². The summed E-state index contributed by atoms with van der Waals surface area (Å²) in [4.78, 5) is 0. The average Bonchev–Trinajstić information content (AvgIpc) is 3.27. The summed E-state index contributed by atoms with van der Waals surface area (Å²) in [5.41, 5.74) is 1.14. The van der Waals surface area contributed by atoms with Crippen molar-refractivity contribution < 1.29 is 38.3 Å². The van der Waals surface area contributed by atoms with E-state index < -0.39 is 23.3 Å². The normalized spacial score (nSPS) is 23.9. The van der Waals surface area contributed by atoms with Crippen molar-refractivity contribution in [2.24, 2.45) is 17.8 Å². The Hall–Kier alpha value is 0.325. The van der Waals surface area contributed by atoms with E-state index in [4.69, 9.17) is 13.0 Å². The van der Waals surface area contributed by atoms with Gasteiger partial charge < -0.3 is 0 Å². The zero-order valence-electron chi connectivity index (χ0n) is 11.6. The first-order valence-electron chi connectivity index (χ1n) is 7.23. The second kappa shape index (κ2) is 8.69. The molecule has 1 aromatic rings. The van der Waals surface area contributed by atoms with Gasteiger partial charge in [0.2, 0.25) is 0 Å². The van der Waals surface area contributed by atoms with Gasteiger partial charge in [0.05, 0.1) is 0 Å².